The van der Waals surface area contributed by atoms with E-state index in [9.17, 15) is 9.59 Å². The van der Waals surface area contributed by atoms with E-state index in [0.29, 0.717) is 12.2 Å². The van der Waals surface area contributed by atoms with E-state index < -0.39 is 0 Å². The van der Waals surface area contributed by atoms with Gasteiger partial charge in [0.2, 0.25) is 0 Å². The van der Waals surface area contributed by atoms with Gasteiger partial charge in [0.1, 0.15) is 18.1 Å². The van der Waals surface area contributed by atoms with Gasteiger partial charge in [-0.05, 0) is 62.1 Å². The van der Waals surface area contributed by atoms with E-state index in [-0.39, 0.29) is 23.6 Å². The number of aryl methyl sites for hydroxylation is 2. The molecule has 0 aliphatic heterocycles. The van der Waals surface area contributed by atoms with Gasteiger partial charge in [-0.25, -0.2) is 0 Å². The molecule has 0 radical (unpaired) electrons. The second-order valence-electron chi connectivity index (χ2n) is 7.34. The van der Waals surface area contributed by atoms with Crippen molar-refractivity contribution >= 4 is 29.2 Å². The predicted octanol–water partition coefficient (Wildman–Crippen LogP) is 4.72. The molecule has 1 aromatic heterocycles. The molecule has 5 nitrogen and oxygen atoms in total. The molecule has 0 fully saturated rings. The number of hydrogen-bond acceptors (Lipinski definition) is 4. The fourth-order valence-electron chi connectivity index (χ4n) is 2.89. The highest BCUT2D eigenvalue weighted by Gasteiger charge is 2.18. The zero-order valence-corrected chi connectivity index (χ0v) is 18.7. The molecule has 160 valence electrons. The Kier molecular flexibility index (Phi) is 7.62. The standard InChI is InChI=1S/C25H26N2O3S/c1-17-10-12-20(13-11-17)30-16-19(3)26-25(29)23(15-21-8-6-14-31-21)27-24(28)22-9-5-4-7-18(22)2/h4-15,19H,16H2,1-3H3,(H,26,29)(H,27,28)/b23-15-. The summed E-state index contributed by atoms with van der Waals surface area (Å²) in [7, 11) is 0. The molecule has 1 heterocycles. The molecule has 3 rings (SSSR count). The van der Waals surface area contributed by atoms with E-state index in [1.807, 2.05) is 74.7 Å². The predicted molar refractivity (Wildman–Crippen MR) is 125 cm³/mol. The van der Waals surface area contributed by atoms with E-state index >= 15 is 0 Å². The molecular formula is C25H26N2O3S. The summed E-state index contributed by atoms with van der Waals surface area (Å²) >= 11 is 1.49. The van der Waals surface area contributed by atoms with Gasteiger partial charge in [0.15, 0.2) is 0 Å². The lowest BCUT2D eigenvalue weighted by molar-refractivity contribution is -0.118. The highest BCUT2D eigenvalue weighted by Crippen LogP contribution is 2.15. The molecule has 0 saturated heterocycles. The number of carbonyl (C=O) groups excluding carboxylic acids is 2. The van der Waals surface area contributed by atoms with Crippen LogP contribution in [0.15, 0.2) is 71.7 Å². The summed E-state index contributed by atoms with van der Waals surface area (Å²) in [6.45, 7) is 6.05. The number of hydrogen-bond donors (Lipinski definition) is 2. The Balaban J connectivity index is 1.68. The van der Waals surface area contributed by atoms with Crippen LogP contribution < -0.4 is 15.4 Å². The first kappa shape index (κ1) is 22.3. The quantitative estimate of drug-likeness (QED) is 0.504. The molecule has 3 aromatic rings. The van der Waals surface area contributed by atoms with Crippen molar-refractivity contribution in [2.45, 2.75) is 26.8 Å². The maximum Gasteiger partial charge on any atom is 0.268 e. The molecular weight excluding hydrogens is 408 g/mol. The Bertz CT molecular complexity index is 1060. The number of nitrogens with one attached hydrogen (secondary N) is 2. The van der Waals surface area contributed by atoms with Gasteiger partial charge in [-0.1, -0.05) is 42.0 Å². The monoisotopic (exact) mass is 434 g/mol. The van der Waals surface area contributed by atoms with Gasteiger partial charge in [-0.3, -0.25) is 9.59 Å². The summed E-state index contributed by atoms with van der Waals surface area (Å²) < 4.78 is 5.76. The fourth-order valence-corrected chi connectivity index (χ4v) is 3.55. The largest absolute Gasteiger partial charge is 0.491 e. The minimum Gasteiger partial charge on any atom is -0.491 e. The Morgan fingerprint density at radius 1 is 1.03 bits per heavy atom. The third kappa shape index (κ3) is 6.55. The van der Waals surface area contributed by atoms with Crippen LogP contribution in [0.25, 0.3) is 6.08 Å². The van der Waals surface area contributed by atoms with E-state index in [1.165, 1.54) is 11.3 Å². The summed E-state index contributed by atoms with van der Waals surface area (Å²) in [6, 6.07) is 18.6. The summed E-state index contributed by atoms with van der Waals surface area (Å²) in [6.07, 6.45) is 1.68. The summed E-state index contributed by atoms with van der Waals surface area (Å²) in [5.41, 5.74) is 2.72. The van der Waals surface area contributed by atoms with Gasteiger partial charge in [-0.2, -0.15) is 0 Å². The SMILES string of the molecule is Cc1ccc(OCC(C)NC(=O)/C(=C/c2cccs2)NC(=O)c2ccccc2C)cc1. The van der Waals surface area contributed by atoms with Gasteiger partial charge < -0.3 is 15.4 Å². The van der Waals surface area contributed by atoms with Crippen LogP contribution in [0.1, 0.15) is 33.3 Å². The highest BCUT2D eigenvalue weighted by molar-refractivity contribution is 7.10. The summed E-state index contributed by atoms with van der Waals surface area (Å²) in [5.74, 6) is 0.0591. The molecule has 6 heteroatoms. The van der Waals surface area contributed by atoms with Crippen LogP contribution in [0.3, 0.4) is 0 Å². The van der Waals surface area contributed by atoms with Crippen LogP contribution >= 0.6 is 11.3 Å². The summed E-state index contributed by atoms with van der Waals surface area (Å²) in [5, 5.41) is 7.60. The van der Waals surface area contributed by atoms with Gasteiger partial charge >= 0.3 is 0 Å². The molecule has 0 aliphatic carbocycles. The first-order chi connectivity index (χ1) is 14.9. The maximum atomic E-state index is 12.9. The van der Waals surface area contributed by atoms with Crippen molar-refractivity contribution in [1.29, 1.82) is 0 Å². The average molecular weight is 435 g/mol. The molecule has 0 bridgehead atoms. The first-order valence-electron chi connectivity index (χ1n) is 10.0. The molecule has 2 amide bonds. The summed E-state index contributed by atoms with van der Waals surface area (Å²) in [4.78, 5) is 26.6. The number of thiophene rings is 1. The molecule has 0 spiro atoms. The molecule has 0 aliphatic rings. The number of carbonyl (C=O) groups is 2. The second kappa shape index (κ2) is 10.6. The smallest absolute Gasteiger partial charge is 0.268 e. The lowest BCUT2D eigenvalue weighted by Gasteiger charge is -2.17. The molecule has 0 saturated carbocycles. The third-order valence-electron chi connectivity index (χ3n) is 4.61. The Hall–Kier alpha value is -3.38. The van der Waals surface area contributed by atoms with Crippen molar-refractivity contribution in [2.75, 3.05) is 6.61 Å². The number of rotatable bonds is 8. The van der Waals surface area contributed by atoms with Crippen LogP contribution in [0.4, 0.5) is 0 Å². The van der Waals surface area contributed by atoms with E-state index in [2.05, 4.69) is 10.6 Å². The number of benzene rings is 2. The highest BCUT2D eigenvalue weighted by atomic mass is 32.1. The normalized spacial score (nSPS) is 12.2. The van der Waals surface area contributed by atoms with Crippen LogP contribution in [-0.4, -0.2) is 24.5 Å². The average Bonchev–Trinajstić information content (AvgIpc) is 3.26. The minimum absolute atomic E-state index is 0.192. The van der Waals surface area contributed by atoms with Gasteiger partial charge in [0, 0.05) is 10.4 Å². The third-order valence-corrected chi connectivity index (χ3v) is 5.43. The topological polar surface area (TPSA) is 67.4 Å². The van der Waals surface area contributed by atoms with Gasteiger partial charge in [-0.15, -0.1) is 11.3 Å². The zero-order chi connectivity index (χ0) is 22.2. The van der Waals surface area contributed by atoms with Crippen LogP contribution in [0.2, 0.25) is 0 Å². The fraction of sp³-hybridized carbons (Fsp3) is 0.200. The van der Waals surface area contributed by atoms with E-state index in [1.54, 1.807) is 18.2 Å². The zero-order valence-electron chi connectivity index (χ0n) is 17.8. The van der Waals surface area contributed by atoms with E-state index in [0.717, 1.165) is 21.8 Å². The van der Waals surface area contributed by atoms with Crippen LogP contribution in [0, 0.1) is 13.8 Å². The number of ether oxygens (including phenoxy) is 1. The van der Waals surface area contributed by atoms with Crippen LogP contribution in [0.5, 0.6) is 5.75 Å². The first-order valence-corrected chi connectivity index (χ1v) is 10.9. The maximum absolute atomic E-state index is 12.9. The number of amides is 2. The van der Waals surface area contributed by atoms with Crippen LogP contribution in [-0.2, 0) is 4.79 Å². The molecule has 2 N–H and O–H groups in total. The lowest BCUT2D eigenvalue weighted by atomic mass is 10.1. The van der Waals surface area contributed by atoms with Crippen molar-refractivity contribution in [1.82, 2.24) is 10.6 Å². The molecule has 1 unspecified atom stereocenters. The minimum atomic E-state index is -0.365. The Morgan fingerprint density at radius 3 is 2.45 bits per heavy atom. The van der Waals surface area contributed by atoms with Crippen molar-refractivity contribution in [2.24, 2.45) is 0 Å². The van der Waals surface area contributed by atoms with Crippen molar-refractivity contribution in [3.8, 4) is 5.75 Å². The van der Waals surface area contributed by atoms with E-state index in [4.69, 9.17) is 4.74 Å². The van der Waals surface area contributed by atoms with Gasteiger partial charge in [0.05, 0.1) is 6.04 Å². The lowest BCUT2D eigenvalue weighted by Crippen LogP contribution is -2.41. The molecule has 31 heavy (non-hydrogen) atoms. The van der Waals surface area contributed by atoms with Crippen molar-refractivity contribution < 1.29 is 14.3 Å². The molecule has 1 atom stereocenters. The Labute approximate surface area is 186 Å². The molecule has 2 aromatic carbocycles. The Morgan fingerprint density at radius 2 is 1.77 bits per heavy atom. The van der Waals surface area contributed by atoms with Crippen molar-refractivity contribution in [3.63, 3.8) is 0 Å². The van der Waals surface area contributed by atoms with Crippen molar-refractivity contribution in [3.05, 3.63) is 93.3 Å². The second-order valence-corrected chi connectivity index (χ2v) is 8.32. The van der Waals surface area contributed by atoms with Gasteiger partial charge in [0.25, 0.3) is 11.8 Å².